The molecule has 1 aliphatic rings. The molecular formula is C26H32N4O4. The molecule has 4 atom stereocenters. The molecule has 1 fully saturated rings. The van der Waals surface area contributed by atoms with Crippen LogP contribution in [0.15, 0.2) is 44.2 Å². The van der Waals surface area contributed by atoms with E-state index < -0.39 is 11.1 Å². The second-order valence-corrected chi connectivity index (χ2v) is 10.8. The maximum absolute atomic E-state index is 11.4. The lowest BCUT2D eigenvalue weighted by atomic mass is 9.59. The van der Waals surface area contributed by atoms with Crippen LogP contribution in [0.1, 0.15) is 77.8 Å². The number of aliphatic imine (C=N–C) groups is 4. The Labute approximate surface area is 200 Å². The summed E-state index contributed by atoms with van der Waals surface area (Å²) in [6, 6.07) is 7.33. The molecule has 180 valence electrons. The Hall–Kier alpha value is -3.26. The molecule has 1 aromatic carbocycles. The number of benzene rings is 1. The first-order chi connectivity index (χ1) is 15.9. The summed E-state index contributed by atoms with van der Waals surface area (Å²) in [5.41, 5.74) is -0.521. The van der Waals surface area contributed by atoms with Gasteiger partial charge in [0, 0.05) is 0 Å². The van der Waals surface area contributed by atoms with Crippen LogP contribution in [0.3, 0.4) is 0 Å². The molecule has 2 rings (SSSR count). The standard InChI is InChI=1S/C26H32N4O4/c1-23(2,29-18-33)20-7-6-8-21(11-20)26(5,30-19-34)10-9-24(3)12-22(28-17-32)13-25(4,14-24)15-27-16-31/h6-8,11,22H,9-10,12-15H2,1-5H3. The fourth-order valence-corrected chi connectivity index (χ4v) is 5.41. The van der Waals surface area contributed by atoms with Crippen LogP contribution >= 0.6 is 0 Å². The van der Waals surface area contributed by atoms with Gasteiger partial charge >= 0.3 is 0 Å². The molecule has 0 radical (unpaired) electrons. The number of hydrogen-bond donors (Lipinski definition) is 0. The van der Waals surface area contributed by atoms with Gasteiger partial charge < -0.3 is 0 Å². The molecule has 8 heteroatoms. The third-order valence-electron chi connectivity index (χ3n) is 7.09. The van der Waals surface area contributed by atoms with Crippen LogP contribution in [0.2, 0.25) is 0 Å². The highest BCUT2D eigenvalue weighted by Gasteiger charge is 2.44. The summed E-state index contributed by atoms with van der Waals surface area (Å²) in [5.74, 6) is 0. The summed E-state index contributed by atoms with van der Waals surface area (Å²) < 4.78 is 0. The molecule has 0 spiro atoms. The molecule has 0 bridgehead atoms. The van der Waals surface area contributed by atoms with E-state index in [0.717, 1.165) is 17.5 Å². The number of rotatable bonds is 10. The first-order valence-electron chi connectivity index (χ1n) is 11.3. The zero-order valence-corrected chi connectivity index (χ0v) is 20.6. The van der Waals surface area contributed by atoms with E-state index in [-0.39, 0.29) is 16.9 Å². The first-order valence-corrected chi connectivity index (χ1v) is 11.3. The summed E-state index contributed by atoms with van der Waals surface area (Å²) in [7, 11) is 0. The van der Waals surface area contributed by atoms with Gasteiger partial charge in [-0.3, -0.25) is 0 Å². The van der Waals surface area contributed by atoms with E-state index in [9.17, 15) is 19.2 Å². The van der Waals surface area contributed by atoms with E-state index in [1.54, 1.807) is 24.3 Å². The first kappa shape index (κ1) is 27.0. The molecule has 0 saturated heterocycles. The van der Waals surface area contributed by atoms with Crippen LogP contribution in [-0.4, -0.2) is 36.9 Å². The lowest BCUT2D eigenvalue weighted by Crippen LogP contribution is -2.41. The van der Waals surface area contributed by atoms with Crippen LogP contribution in [0.25, 0.3) is 0 Å². The zero-order valence-electron chi connectivity index (χ0n) is 20.6. The van der Waals surface area contributed by atoms with Gasteiger partial charge in [-0.2, -0.15) is 9.98 Å². The van der Waals surface area contributed by atoms with Gasteiger partial charge in [0.2, 0.25) is 24.3 Å². The Morgan fingerprint density at radius 1 is 0.912 bits per heavy atom. The van der Waals surface area contributed by atoms with E-state index in [0.29, 0.717) is 32.2 Å². The minimum atomic E-state index is -0.847. The second kappa shape index (κ2) is 10.8. The van der Waals surface area contributed by atoms with E-state index in [1.165, 1.54) is 0 Å². The average molecular weight is 465 g/mol. The smallest absolute Gasteiger partial charge is 0.211 e. The van der Waals surface area contributed by atoms with Gasteiger partial charge in [-0.05, 0) is 74.8 Å². The summed E-state index contributed by atoms with van der Waals surface area (Å²) in [6.07, 6.45) is 9.98. The van der Waals surface area contributed by atoms with Gasteiger partial charge in [0.25, 0.3) is 0 Å². The van der Waals surface area contributed by atoms with Crippen molar-refractivity contribution in [2.24, 2.45) is 30.8 Å². The third-order valence-corrected chi connectivity index (χ3v) is 7.09. The highest BCUT2D eigenvalue weighted by Crippen LogP contribution is 2.51. The molecule has 0 heterocycles. The Morgan fingerprint density at radius 3 is 2.18 bits per heavy atom. The van der Waals surface area contributed by atoms with Crippen LogP contribution in [0.4, 0.5) is 0 Å². The lowest BCUT2D eigenvalue weighted by Gasteiger charge is -2.47. The Balaban J connectivity index is 2.38. The molecule has 1 aromatic rings. The molecule has 0 aliphatic heterocycles. The predicted molar refractivity (Wildman–Crippen MR) is 127 cm³/mol. The Bertz CT molecular complexity index is 1090. The van der Waals surface area contributed by atoms with Gasteiger partial charge in [0.05, 0.1) is 23.7 Å². The zero-order chi connectivity index (χ0) is 25.5. The molecule has 1 saturated carbocycles. The number of isocyanates is 4. The van der Waals surface area contributed by atoms with E-state index >= 15 is 0 Å². The average Bonchev–Trinajstić information content (AvgIpc) is 2.76. The monoisotopic (exact) mass is 464 g/mol. The van der Waals surface area contributed by atoms with Gasteiger partial charge in [-0.1, -0.05) is 38.1 Å². The SMILES string of the molecule is CC1(CCC(C)(N=C=O)c2cccc(C(C)(C)N=C=O)c2)CC(N=C=O)CC(C)(CN=C=O)C1. The minimum absolute atomic E-state index is 0.214. The van der Waals surface area contributed by atoms with Crippen molar-refractivity contribution in [2.75, 3.05) is 6.54 Å². The summed E-state index contributed by atoms with van der Waals surface area (Å²) >= 11 is 0. The van der Waals surface area contributed by atoms with Crippen molar-refractivity contribution < 1.29 is 19.2 Å². The molecule has 1 aliphatic carbocycles. The fraction of sp³-hybridized carbons (Fsp3) is 0.615. The third kappa shape index (κ3) is 6.63. The summed E-state index contributed by atoms with van der Waals surface area (Å²) in [6.45, 7) is 10.0. The van der Waals surface area contributed by atoms with Crippen LogP contribution in [0.5, 0.6) is 0 Å². The topological polar surface area (TPSA) is 118 Å². The molecule has 0 amide bonds. The molecule has 0 N–H and O–H groups in total. The van der Waals surface area contributed by atoms with Gasteiger partial charge in [-0.15, -0.1) is 0 Å². The molecule has 0 aromatic heterocycles. The molecule has 8 nitrogen and oxygen atoms in total. The molecule has 4 unspecified atom stereocenters. The van der Waals surface area contributed by atoms with Gasteiger partial charge in [-0.25, -0.2) is 29.2 Å². The Morgan fingerprint density at radius 2 is 1.56 bits per heavy atom. The lowest BCUT2D eigenvalue weighted by molar-refractivity contribution is 0.0629. The predicted octanol–water partition coefficient (Wildman–Crippen LogP) is 4.83. The quantitative estimate of drug-likeness (QED) is 0.364. The van der Waals surface area contributed by atoms with Crippen molar-refractivity contribution in [1.82, 2.24) is 0 Å². The maximum atomic E-state index is 11.4. The number of carbonyl (C=O) groups excluding carboxylic acids is 4. The summed E-state index contributed by atoms with van der Waals surface area (Å²) in [5, 5.41) is 0. The largest absolute Gasteiger partial charge is 0.235 e. The van der Waals surface area contributed by atoms with E-state index in [2.05, 4.69) is 26.9 Å². The van der Waals surface area contributed by atoms with Crippen molar-refractivity contribution in [3.8, 4) is 0 Å². The number of hydrogen-bond acceptors (Lipinski definition) is 8. The molecular weight excluding hydrogens is 432 g/mol. The Kier molecular flexibility index (Phi) is 8.56. The van der Waals surface area contributed by atoms with Gasteiger partial charge in [0.1, 0.15) is 0 Å². The highest BCUT2D eigenvalue weighted by molar-refractivity contribution is 5.42. The van der Waals surface area contributed by atoms with E-state index in [4.69, 9.17) is 0 Å². The van der Waals surface area contributed by atoms with Crippen molar-refractivity contribution in [3.63, 3.8) is 0 Å². The minimum Gasteiger partial charge on any atom is -0.211 e. The van der Waals surface area contributed by atoms with Crippen molar-refractivity contribution in [3.05, 3.63) is 35.4 Å². The fourth-order valence-electron chi connectivity index (χ4n) is 5.41. The molecule has 34 heavy (non-hydrogen) atoms. The van der Waals surface area contributed by atoms with Crippen molar-refractivity contribution in [2.45, 2.75) is 83.8 Å². The van der Waals surface area contributed by atoms with Crippen molar-refractivity contribution in [1.29, 1.82) is 0 Å². The van der Waals surface area contributed by atoms with Crippen LogP contribution in [0, 0.1) is 10.8 Å². The van der Waals surface area contributed by atoms with E-state index in [1.807, 2.05) is 52.0 Å². The number of nitrogens with zero attached hydrogens (tertiary/aromatic N) is 4. The summed E-state index contributed by atoms with van der Waals surface area (Å²) in [4.78, 5) is 59.9. The normalized spacial score (nSPS) is 26.0. The van der Waals surface area contributed by atoms with Gasteiger partial charge in [0.15, 0.2) is 0 Å². The highest BCUT2D eigenvalue weighted by atomic mass is 16.1. The van der Waals surface area contributed by atoms with Crippen molar-refractivity contribution >= 4 is 24.3 Å². The maximum Gasteiger partial charge on any atom is 0.235 e. The van der Waals surface area contributed by atoms with Crippen LogP contribution in [-0.2, 0) is 30.3 Å². The second-order valence-electron chi connectivity index (χ2n) is 10.8. The van der Waals surface area contributed by atoms with Crippen LogP contribution < -0.4 is 0 Å².